The van der Waals surface area contributed by atoms with E-state index in [1.807, 2.05) is 0 Å². The number of rotatable bonds is 3. The smallest absolute Gasteiger partial charge is 0.433 e. The van der Waals surface area contributed by atoms with E-state index in [4.69, 9.17) is 10.5 Å². The van der Waals surface area contributed by atoms with Crippen molar-refractivity contribution < 1.29 is 22.7 Å². The molecule has 0 bridgehead atoms. The van der Waals surface area contributed by atoms with Gasteiger partial charge in [0.05, 0.1) is 11.7 Å². The number of anilines is 2. The summed E-state index contributed by atoms with van der Waals surface area (Å²) >= 11 is 0.865. The predicted octanol–water partition coefficient (Wildman–Crippen LogP) is 4.87. The zero-order valence-corrected chi connectivity index (χ0v) is 19.7. The maximum atomic E-state index is 13.0. The molecule has 6 nitrogen and oxygen atoms in total. The predicted molar refractivity (Wildman–Crippen MR) is 129 cm³/mol. The molecular weight excluding hydrogens is 477 g/mol. The first-order valence-electron chi connectivity index (χ1n) is 11.8. The molecule has 1 amide bonds. The summed E-state index contributed by atoms with van der Waals surface area (Å²) in [7, 11) is 0. The summed E-state index contributed by atoms with van der Waals surface area (Å²) in [5.41, 5.74) is 7.42. The van der Waals surface area contributed by atoms with E-state index in [-0.39, 0.29) is 21.4 Å². The van der Waals surface area contributed by atoms with Crippen LogP contribution in [0.2, 0.25) is 0 Å². The van der Waals surface area contributed by atoms with Crippen LogP contribution < -0.4 is 20.7 Å². The summed E-state index contributed by atoms with van der Waals surface area (Å²) in [6, 6.07) is 8.16. The first-order valence-corrected chi connectivity index (χ1v) is 12.7. The van der Waals surface area contributed by atoms with Crippen LogP contribution in [0.15, 0.2) is 30.3 Å². The fourth-order valence-corrected chi connectivity index (χ4v) is 6.67. The molecule has 2 fully saturated rings. The first kappa shape index (κ1) is 22.5. The second-order valence-electron chi connectivity index (χ2n) is 9.73. The molecule has 0 spiro atoms. The van der Waals surface area contributed by atoms with Crippen LogP contribution in [0.25, 0.3) is 10.2 Å². The van der Waals surface area contributed by atoms with Crippen LogP contribution in [0, 0.1) is 11.8 Å². The number of nitrogens with one attached hydrogen (secondary N) is 1. The van der Waals surface area contributed by atoms with Crippen molar-refractivity contribution in [3.8, 4) is 5.75 Å². The molecule has 4 heterocycles. The Morgan fingerprint density at radius 2 is 1.94 bits per heavy atom. The number of nitrogens with zero attached hydrogens (tertiary/aromatic N) is 2. The van der Waals surface area contributed by atoms with Gasteiger partial charge in [0.25, 0.3) is 5.91 Å². The van der Waals surface area contributed by atoms with Gasteiger partial charge < -0.3 is 20.7 Å². The molecule has 3 aromatic rings. The average molecular weight is 503 g/mol. The van der Waals surface area contributed by atoms with Crippen molar-refractivity contribution in [2.75, 3.05) is 30.3 Å². The molecule has 10 heteroatoms. The highest BCUT2D eigenvalue weighted by Crippen LogP contribution is 2.41. The van der Waals surface area contributed by atoms with Gasteiger partial charge in [0.2, 0.25) is 0 Å². The zero-order chi connectivity index (χ0) is 24.3. The second kappa shape index (κ2) is 8.29. The van der Waals surface area contributed by atoms with Gasteiger partial charge in [-0.05, 0) is 54.9 Å². The highest BCUT2D eigenvalue weighted by atomic mass is 32.1. The summed E-state index contributed by atoms with van der Waals surface area (Å²) in [5, 5.41) is 3.27. The molecule has 1 aromatic carbocycles. The Bertz CT molecular complexity index is 1300. The SMILES string of the molecule is Nc1c(C(=O)NC2COc3cc(N4CC5CCCC5C4)ccc3C2)sc2nc(C(F)(F)F)ccc12. The van der Waals surface area contributed by atoms with E-state index >= 15 is 0 Å². The standard InChI is InChI=1S/C25H25F3N4O2S/c26-25(27,28)20-7-6-18-21(29)22(35-24(18)31-20)23(33)30-16-8-13-4-5-17(9-19(13)34-12-16)32-10-14-2-1-3-15(14)11-32/h4-7,9,14-16H,1-3,8,10-12,29H2,(H,30,33). The zero-order valence-electron chi connectivity index (χ0n) is 18.9. The number of nitrogens with two attached hydrogens (primary N) is 1. The molecule has 184 valence electrons. The van der Waals surface area contributed by atoms with Crippen LogP contribution >= 0.6 is 11.3 Å². The van der Waals surface area contributed by atoms with E-state index in [2.05, 4.69) is 33.4 Å². The number of thiophene rings is 1. The lowest BCUT2D eigenvalue weighted by Crippen LogP contribution is -2.42. The van der Waals surface area contributed by atoms with Crippen LogP contribution in [-0.2, 0) is 12.6 Å². The Kier molecular flexibility index (Phi) is 5.32. The Hall–Kier alpha value is -3.01. The maximum absolute atomic E-state index is 13.0. The van der Waals surface area contributed by atoms with Gasteiger partial charge in [-0.2, -0.15) is 13.2 Å². The number of aromatic nitrogens is 1. The minimum absolute atomic E-state index is 0.0892. The Morgan fingerprint density at radius 3 is 2.69 bits per heavy atom. The number of fused-ring (bicyclic) bond motifs is 3. The summed E-state index contributed by atoms with van der Waals surface area (Å²) in [6.07, 6.45) is 0.0488. The first-order chi connectivity index (χ1) is 16.8. The largest absolute Gasteiger partial charge is 0.491 e. The molecule has 1 saturated carbocycles. The molecule has 0 radical (unpaired) electrons. The molecule has 3 aliphatic rings. The van der Waals surface area contributed by atoms with Crippen molar-refractivity contribution in [1.82, 2.24) is 10.3 Å². The molecule has 2 aliphatic heterocycles. The molecule has 35 heavy (non-hydrogen) atoms. The van der Waals surface area contributed by atoms with Gasteiger partial charge in [-0.15, -0.1) is 11.3 Å². The van der Waals surface area contributed by atoms with Gasteiger partial charge in [0.1, 0.15) is 27.8 Å². The van der Waals surface area contributed by atoms with Crippen LogP contribution in [0.3, 0.4) is 0 Å². The fourth-order valence-electron chi connectivity index (χ4n) is 5.67. The Morgan fingerprint density at radius 1 is 1.17 bits per heavy atom. The number of hydrogen-bond acceptors (Lipinski definition) is 6. The van der Waals surface area contributed by atoms with E-state index in [1.54, 1.807) is 0 Å². The number of carbonyl (C=O) groups excluding carboxylic acids is 1. The topological polar surface area (TPSA) is 80.5 Å². The fraction of sp³-hybridized carbons (Fsp3) is 0.440. The maximum Gasteiger partial charge on any atom is 0.433 e. The summed E-state index contributed by atoms with van der Waals surface area (Å²) in [6.45, 7) is 2.53. The van der Waals surface area contributed by atoms with E-state index in [0.717, 1.165) is 53.6 Å². The highest BCUT2D eigenvalue weighted by Gasteiger charge is 2.37. The molecule has 1 aliphatic carbocycles. The third-order valence-corrected chi connectivity index (χ3v) is 8.59. The number of ether oxygens (including phenoxy) is 1. The lowest BCUT2D eigenvalue weighted by Gasteiger charge is -2.28. The number of halogens is 3. The van der Waals surface area contributed by atoms with Crippen LogP contribution in [0.4, 0.5) is 24.5 Å². The van der Waals surface area contributed by atoms with Crippen molar-refractivity contribution in [1.29, 1.82) is 0 Å². The molecule has 2 aromatic heterocycles. The van der Waals surface area contributed by atoms with Gasteiger partial charge in [-0.3, -0.25) is 4.79 Å². The van der Waals surface area contributed by atoms with Crippen molar-refractivity contribution in [3.63, 3.8) is 0 Å². The summed E-state index contributed by atoms with van der Waals surface area (Å²) in [4.78, 5) is 19.3. The molecule has 1 saturated heterocycles. The number of alkyl halides is 3. The van der Waals surface area contributed by atoms with E-state index in [9.17, 15) is 18.0 Å². The number of nitrogen functional groups attached to an aromatic ring is 1. The summed E-state index contributed by atoms with van der Waals surface area (Å²) in [5.74, 6) is 2.03. The highest BCUT2D eigenvalue weighted by molar-refractivity contribution is 7.21. The van der Waals surface area contributed by atoms with Gasteiger partial charge >= 0.3 is 6.18 Å². The van der Waals surface area contributed by atoms with Crippen LogP contribution in [-0.4, -0.2) is 36.6 Å². The minimum Gasteiger partial charge on any atom is -0.491 e. The molecule has 3 unspecified atom stereocenters. The van der Waals surface area contributed by atoms with E-state index in [0.29, 0.717) is 18.4 Å². The normalized spacial score (nSPS) is 23.7. The number of benzene rings is 1. The minimum atomic E-state index is -4.56. The van der Waals surface area contributed by atoms with E-state index in [1.165, 1.54) is 31.0 Å². The second-order valence-corrected chi connectivity index (χ2v) is 10.7. The van der Waals surface area contributed by atoms with Gasteiger partial charge in [0.15, 0.2) is 0 Å². The molecular formula is C25H25F3N4O2S. The van der Waals surface area contributed by atoms with Crippen LogP contribution in [0.1, 0.15) is 40.2 Å². The monoisotopic (exact) mass is 502 g/mol. The van der Waals surface area contributed by atoms with Crippen molar-refractivity contribution in [3.05, 3.63) is 46.5 Å². The van der Waals surface area contributed by atoms with Crippen molar-refractivity contribution in [2.45, 2.75) is 37.9 Å². The van der Waals surface area contributed by atoms with Crippen molar-refractivity contribution >= 4 is 38.8 Å². The third kappa shape index (κ3) is 4.07. The third-order valence-electron chi connectivity index (χ3n) is 7.47. The number of carbonyl (C=O) groups is 1. The lowest BCUT2D eigenvalue weighted by atomic mass is 10.0. The summed E-state index contributed by atoms with van der Waals surface area (Å²) < 4.78 is 45.0. The van der Waals surface area contributed by atoms with E-state index < -0.39 is 17.8 Å². The lowest BCUT2D eigenvalue weighted by molar-refractivity contribution is -0.140. The number of pyridine rings is 1. The molecule has 3 atom stereocenters. The molecule has 6 rings (SSSR count). The van der Waals surface area contributed by atoms with Crippen LogP contribution in [0.5, 0.6) is 5.75 Å². The Labute approximate surface area is 204 Å². The quantitative estimate of drug-likeness (QED) is 0.534. The molecule has 3 N–H and O–H groups in total. The van der Waals surface area contributed by atoms with Gasteiger partial charge in [-0.25, -0.2) is 4.98 Å². The number of amides is 1. The van der Waals surface area contributed by atoms with Gasteiger partial charge in [0, 0.05) is 30.2 Å². The van der Waals surface area contributed by atoms with Crippen molar-refractivity contribution in [2.24, 2.45) is 11.8 Å². The number of hydrogen-bond donors (Lipinski definition) is 2. The average Bonchev–Trinajstić information content (AvgIpc) is 3.52. The Balaban J connectivity index is 1.15. The van der Waals surface area contributed by atoms with Gasteiger partial charge in [-0.1, -0.05) is 12.5 Å².